The first-order valence-corrected chi connectivity index (χ1v) is 9.79. The highest BCUT2D eigenvalue weighted by Crippen LogP contribution is 2.12. The van der Waals surface area contributed by atoms with E-state index in [1.165, 1.54) is 0 Å². The Balaban J connectivity index is 1.78. The lowest BCUT2D eigenvalue weighted by molar-refractivity contribution is 0.142. The number of hydrogen-bond acceptors (Lipinski definition) is 5. The Morgan fingerprint density at radius 1 is 1.05 bits per heavy atom. The van der Waals surface area contributed by atoms with E-state index in [9.17, 15) is 8.42 Å². The van der Waals surface area contributed by atoms with Gasteiger partial charge < -0.3 is 5.32 Å². The molecule has 0 aromatic rings. The summed E-state index contributed by atoms with van der Waals surface area (Å²) in [5.74, 6) is 0.260. The van der Waals surface area contributed by atoms with Gasteiger partial charge in [0.2, 0.25) is 10.0 Å². The predicted molar refractivity (Wildman–Crippen MR) is 86.0 cm³/mol. The highest BCUT2D eigenvalue weighted by atomic mass is 32.2. The molecule has 2 heterocycles. The van der Waals surface area contributed by atoms with Crippen molar-refractivity contribution in [2.75, 3.05) is 64.7 Å². The fourth-order valence-corrected chi connectivity index (χ4v) is 4.46. The zero-order valence-corrected chi connectivity index (χ0v) is 14.2. The standard InChI is InChI=1S/C14H30N4O2S/c1-3-14(2)17-8-10-18(11-9-17)21(19,20)13-12-16-6-4-15-5-7-16/h14-15H,3-13H2,1-2H3. The molecule has 0 radical (unpaired) electrons. The van der Waals surface area contributed by atoms with E-state index in [-0.39, 0.29) is 5.75 Å². The molecule has 124 valence electrons. The van der Waals surface area contributed by atoms with Crippen LogP contribution >= 0.6 is 0 Å². The summed E-state index contributed by atoms with van der Waals surface area (Å²) in [7, 11) is -3.09. The minimum atomic E-state index is -3.09. The third-order valence-corrected chi connectivity index (χ3v) is 6.61. The molecule has 0 saturated carbocycles. The first-order chi connectivity index (χ1) is 10.0. The zero-order chi connectivity index (χ0) is 15.3. The van der Waals surface area contributed by atoms with Crippen LogP contribution in [0.15, 0.2) is 0 Å². The van der Waals surface area contributed by atoms with Crippen LogP contribution in [-0.4, -0.2) is 93.2 Å². The summed E-state index contributed by atoms with van der Waals surface area (Å²) in [6.45, 7) is 11.9. The molecule has 2 aliphatic heterocycles. The highest BCUT2D eigenvalue weighted by molar-refractivity contribution is 7.89. The van der Waals surface area contributed by atoms with Crippen LogP contribution in [-0.2, 0) is 10.0 Å². The summed E-state index contributed by atoms with van der Waals surface area (Å²) in [4.78, 5) is 4.63. The van der Waals surface area contributed by atoms with Gasteiger partial charge in [0.15, 0.2) is 0 Å². The molecule has 7 heteroatoms. The van der Waals surface area contributed by atoms with Crippen LogP contribution < -0.4 is 5.32 Å². The Labute approximate surface area is 129 Å². The van der Waals surface area contributed by atoms with Gasteiger partial charge in [0.05, 0.1) is 5.75 Å². The smallest absolute Gasteiger partial charge is 0.215 e. The second-order valence-corrected chi connectivity index (χ2v) is 8.19. The Bertz CT molecular complexity index is 401. The summed E-state index contributed by atoms with van der Waals surface area (Å²) in [5.41, 5.74) is 0. The van der Waals surface area contributed by atoms with Crippen molar-refractivity contribution in [3.05, 3.63) is 0 Å². The third kappa shape index (κ3) is 4.89. The van der Waals surface area contributed by atoms with Gasteiger partial charge in [0.1, 0.15) is 0 Å². The van der Waals surface area contributed by atoms with Gasteiger partial charge in [-0.05, 0) is 13.3 Å². The van der Waals surface area contributed by atoms with Crippen molar-refractivity contribution in [1.82, 2.24) is 19.4 Å². The van der Waals surface area contributed by atoms with Crippen LogP contribution in [0.2, 0.25) is 0 Å². The third-order valence-electron chi connectivity index (χ3n) is 4.76. The fourth-order valence-electron chi connectivity index (χ4n) is 2.99. The highest BCUT2D eigenvalue weighted by Gasteiger charge is 2.28. The van der Waals surface area contributed by atoms with Gasteiger partial charge in [-0.25, -0.2) is 8.42 Å². The van der Waals surface area contributed by atoms with Gasteiger partial charge in [-0.1, -0.05) is 6.92 Å². The van der Waals surface area contributed by atoms with E-state index >= 15 is 0 Å². The lowest BCUT2D eigenvalue weighted by Gasteiger charge is -2.37. The van der Waals surface area contributed by atoms with E-state index in [1.54, 1.807) is 4.31 Å². The van der Waals surface area contributed by atoms with Gasteiger partial charge in [0.25, 0.3) is 0 Å². The Morgan fingerprint density at radius 2 is 1.67 bits per heavy atom. The topological polar surface area (TPSA) is 55.9 Å². The van der Waals surface area contributed by atoms with E-state index in [0.29, 0.717) is 25.7 Å². The van der Waals surface area contributed by atoms with Crippen LogP contribution in [0.3, 0.4) is 0 Å². The van der Waals surface area contributed by atoms with Crippen molar-refractivity contribution in [1.29, 1.82) is 0 Å². The molecule has 21 heavy (non-hydrogen) atoms. The first kappa shape index (κ1) is 17.1. The number of rotatable bonds is 6. The molecule has 6 nitrogen and oxygen atoms in total. The number of sulfonamides is 1. The molecule has 0 amide bonds. The maximum atomic E-state index is 12.4. The molecule has 0 aromatic carbocycles. The van der Waals surface area contributed by atoms with Gasteiger partial charge in [0, 0.05) is 64.9 Å². The van der Waals surface area contributed by atoms with Crippen LogP contribution in [0.4, 0.5) is 0 Å². The average molecular weight is 318 g/mol. The molecule has 2 aliphatic rings. The van der Waals surface area contributed by atoms with Crippen LogP contribution in [0.25, 0.3) is 0 Å². The number of piperazine rings is 2. The predicted octanol–water partition coefficient (Wildman–Crippen LogP) is -0.362. The number of hydrogen-bond donors (Lipinski definition) is 1. The lowest BCUT2D eigenvalue weighted by atomic mass is 10.2. The molecule has 1 unspecified atom stereocenters. The van der Waals surface area contributed by atoms with Crippen molar-refractivity contribution >= 4 is 10.0 Å². The van der Waals surface area contributed by atoms with E-state index in [0.717, 1.165) is 45.7 Å². The maximum absolute atomic E-state index is 12.4. The van der Waals surface area contributed by atoms with E-state index < -0.39 is 10.0 Å². The Kier molecular flexibility index (Phi) is 6.43. The fraction of sp³-hybridized carbons (Fsp3) is 1.00. The number of nitrogens with one attached hydrogen (secondary N) is 1. The van der Waals surface area contributed by atoms with Crippen LogP contribution in [0, 0.1) is 0 Å². The van der Waals surface area contributed by atoms with Crippen molar-refractivity contribution in [3.63, 3.8) is 0 Å². The van der Waals surface area contributed by atoms with Crippen molar-refractivity contribution in [2.45, 2.75) is 26.3 Å². The summed E-state index contributed by atoms with van der Waals surface area (Å²) < 4.78 is 26.6. The summed E-state index contributed by atoms with van der Waals surface area (Å²) in [6.07, 6.45) is 1.12. The molecule has 2 rings (SSSR count). The van der Waals surface area contributed by atoms with Crippen LogP contribution in [0.1, 0.15) is 20.3 Å². The quantitative estimate of drug-likeness (QED) is 0.725. The second-order valence-electron chi connectivity index (χ2n) is 6.10. The monoisotopic (exact) mass is 318 g/mol. The largest absolute Gasteiger partial charge is 0.314 e. The molecule has 0 spiro atoms. The SMILES string of the molecule is CCC(C)N1CCN(S(=O)(=O)CCN2CCNCC2)CC1. The summed E-state index contributed by atoms with van der Waals surface area (Å²) in [5, 5.41) is 3.29. The van der Waals surface area contributed by atoms with Crippen molar-refractivity contribution in [2.24, 2.45) is 0 Å². The molecular weight excluding hydrogens is 288 g/mol. The Morgan fingerprint density at radius 3 is 2.24 bits per heavy atom. The first-order valence-electron chi connectivity index (χ1n) is 8.18. The lowest BCUT2D eigenvalue weighted by Crippen LogP contribution is -2.52. The Hall–Kier alpha value is -0.210. The van der Waals surface area contributed by atoms with Crippen molar-refractivity contribution in [3.8, 4) is 0 Å². The van der Waals surface area contributed by atoms with Gasteiger partial charge >= 0.3 is 0 Å². The van der Waals surface area contributed by atoms with Gasteiger partial charge in [-0.15, -0.1) is 0 Å². The van der Waals surface area contributed by atoms with Gasteiger partial charge in [-0.2, -0.15) is 4.31 Å². The molecular formula is C14H30N4O2S. The van der Waals surface area contributed by atoms with Crippen LogP contribution in [0.5, 0.6) is 0 Å². The van der Waals surface area contributed by atoms with Crippen molar-refractivity contribution < 1.29 is 8.42 Å². The molecule has 1 N–H and O–H groups in total. The normalized spacial score (nSPS) is 25.0. The molecule has 1 atom stereocenters. The molecule has 0 aliphatic carbocycles. The maximum Gasteiger partial charge on any atom is 0.215 e. The van der Waals surface area contributed by atoms with E-state index in [1.807, 2.05) is 0 Å². The summed E-state index contributed by atoms with van der Waals surface area (Å²) >= 11 is 0. The zero-order valence-electron chi connectivity index (χ0n) is 13.4. The minimum Gasteiger partial charge on any atom is -0.314 e. The van der Waals surface area contributed by atoms with E-state index in [4.69, 9.17) is 0 Å². The number of nitrogens with zero attached hydrogens (tertiary/aromatic N) is 3. The second kappa shape index (κ2) is 7.87. The molecule has 2 saturated heterocycles. The minimum absolute atomic E-state index is 0.260. The average Bonchev–Trinajstić information content (AvgIpc) is 2.53. The molecule has 2 fully saturated rings. The summed E-state index contributed by atoms with van der Waals surface area (Å²) in [6, 6.07) is 0.552. The molecule has 0 bridgehead atoms. The van der Waals surface area contributed by atoms with E-state index in [2.05, 4.69) is 29.0 Å². The van der Waals surface area contributed by atoms with Gasteiger partial charge in [-0.3, -0.25) is 9.80 Å². The molecule has 0 aromatic heterocycles.